The van der Waals surface area contributed by atoms with E-state index >= 15 is 0 Å². The molecule has 5 unspecified atom stereocenters. The predicted molar refractivity (Wildman–Crippen MR) is 132 cm³/mol. The predicted octanol–water partition coefficient (Wildman–Crippen LogP) is -2.81. The number of unbranched alkanes of at least 4 members (excludes halogenated alkanes) is 1. The second kappa shape index (κ2) is 15.4. The molecule has 4 amide bonds. The van der Waals surface area contributed by atoms with Crippen molar-refractivity contribution in [3.8, 4) is 5.75 Å². The first-order valence-electron chi connectivity index (χ1n) is 11.7. The molecular weight excluding hydrogens is 488 g/mol. The Morgan fingerprint density at radius 3 is 2.03 bits per heavy atom. The first kappa shape index (κ1) is 31.3. The van der Waals surface area contributed by atoms with Crippen molar-refractivity contribution >= 4 is 29.6 Å². The zero-order valence-electron chi connectivity index (χ0n) is 20.6. The van der Waals surface area contributed by atoms with Crippen molar-refractivity contribution in [3.63, 3.8) is 0 Å². The molecule has 0 spiro atoms. The number of hydrogen-bond acceptors (Lipinski definition) is 9. The third-order valence-corrected chi connectivity index (χ3v) is 5.39. The third-order valence-electron chi connectivity index (χ3n) is 5.39. The number of aromatic hydroxyl groups is 1. The van der Waals surface area contributed by atoms with Gasteiger partial charge in [0, 0.05) is 0 Å². The zero-order chi connectivity index (χ0) is 28.1. The number of carbonyl (C=O) groups is 5. The number of nitrogens with two attached hydrogens (primary N) is 3. The van der Waals surface area contributed by atoms with Crippen LogP contribution in [0.1, 0.15) is 38.2 Å². The molecule has 0 bridgehead atoms. The van der Waals surface area contributed by atoms with E-state index in [-0.39, 0.29) is 18.6 Å². The number of aliphatic hydroxyl groups is 1. The molecule has 0 aliphatic heterocycles. The molecule has 1 rings (SSSR count). The van der Waals surface area contributed by atoms with Crippen molar-refractivity contribution in [1.29, 1.82) is 0 Å². The molecule has 0 aromatic heterocycles. The lowest BCUT2D eigenvalue weighted by Crippen LogP contribution is -2.60. The van der Waals surface area contributed by atoms with Gasteiger partial charge in [-0.25, -0.2) is 4.79 Å². The molecule has 5 atom stereocenters. The van der Waals surface area contributed by atoms with Crippen molar-refractivity contribution in [3.05, 3.63) is 29.8 Å². The minimum Gasteiger partial charge on any atom is -0.508 e. The van der Waals surface area contributed by atoms with Gasteiger partial charge in [0.05, 0.1) is 18.6 Å². The highest BCUT2D eigenvalue weighted by atomic mass is 16.4. The van der Waals surface area contributed by atoms with Gasteiger partial charge in [0.25, 0.3) is 0 Å². The van der Waals surface area contributed by atoms with Gasteiger partial charge in [-0.15, -0.1) is 0 Å². The Morgan fingerprint density at radius 1 is 0.919 bits per heavy atom. The van der Waals surface area contributed by atoms with Crippen LogP contribution in [0, 0.1) is 0 Å². The Balaban J connectivity index is 2.91. The molecule has 12 N–H and O–H groups in total. The number of phenols is 1. The summed E-state index contributed by atoms with van der Waals surface area (Å²) in [6.07, 6.45) is -0.983. The Hall–Kier alpha value is -3.75. The fourth-order valence-electron chi connectivity index (χ4n) is 3.34. The number of phenolic OH excluding ortho intramolecular Hbond substituents is 1. The van der Waals surface area contributed by atoms with Crippen LogP contribution in [0.3, 0.4) is 0 Å². The quantitative estimate of drug-likeness (QED) is 0.100. The highest BCUT2D eigenvalue weighted by molar-refractivity contribution is 5.96. The number of carboxylic acid groups (broad SMARTS) is 1. The molecule has 1 aromatic carbocycles. The summed E-state index contributed by atoms with van der Waals surface area (Å²) in [5, 5.41) is 35.6. The van der Waals surface area contributed by atoms with Gasteiger partial charge >= 0.3 is 5.97 Å². The summed E-state index contributed by atoms with van der Waals surface area (Å²) in [7, 11) is 0. The molecule has 1 aromatic rings. The van der Waals surface area contributed by atoms with Crippen LogP contribution in [0.2, 0.25) is 0 Å². The van der Waals surface area contributed by atoms with Crippen LogP contribution in [0.5, 0.6) is 5.75 Å². The monoisotopic (exact) mass is 524 g/mol. The highest BCUT2D eigenvalue weighted by Gasteiger charge is 2.33. The van der Waals surface area contributed by atoms with Crippen molar-refractivity contribution in [2.45, 2.75) is 69.3 Å². The summed E-state index contributed by atoms with van der Waals surface area (Å²) in [6, 6.07) is 0.413. The number of rotatable bonds is 16. The van der Waals surface area contributed by atoms with E-state index in [9.17, 15) is 39.3 Å². The molecule has 206 valence electrons. The lowest BCUT2D eigenvalue weighted by molar-refractivity contribution is -0.143. The highest BCUT2D eigenvalue weighted by Crippen LogP contribution is 2.11. The smallest absolute Gasteiger partial charge is 0.326 e. The normalized spacial score (nSPS) is 14.9. The van der Waals surface area contributed by atoms with Crippen molar-refractivity contribution < 1.29 is 39.3 Å². The van der Waals surface area contributed by atoms with Gasteiger partial charge in [0.1, 0.15) is 23.9 Å². The SMILES string of the molecule is CC(O)C(NC(=O)C(CC(N)=O)NC(=O)C(N)Cc1ccc(O)cc1)C(=O)NC(CCCCN)C(=O)O. The number of primary amides is 1. The lowest BCUT2D eigenvalue weighted by atomic mass is 10.0. The summed E-state index contributed by atoms with van der Waals surface area (Å²) in [6.45, 7) is 1.54. The van der Waals surface area contributed by atoms with Gasteiger partial charge in [0.2, 0.25) is 23.6 Å². The first-order valence-corrected chi connectivity index (χ1v) is 11.7. The molecule has 0 heterocycles. The largest absolute Gasteiger partial charge is 0.508 e. The van der Waals surface area contributed by atoms with Crippen LogP contribution < -0.4 is 33.2 Å². The van der Waals surface area contributed by atoms with Gasteiger partial charge in [-0.05, 0) is 56.8 Å². The van der Waals surface area contributed by atoms with E-state index in [1.807, 2.05) is 0 Å². The fraction of sp³-hybridized carbons (Fsp3) is 0.522. The minimum atomic E-state index is -1.60. The van der Waals surface area contributed by atoms with Crippen LogP contribution in [-0.2, 0) is 30.4 Å². The van der Waals surface area contributed by atoms with Crippen LogP contribution in [0.4, 0.5) is 0 Å². The Kier molecular flexibility index (Phi) is 13.0. The lowest BCUT2D eigenvalue weighted by Gasteiger charge is -2.26. The summed E-state index contributed by atoms with van der Waals surface area (Å²) in [5.41, 5.74) is 17.1. The summed E-state index contributed by atoms with van der Waals surface area (Å²) >= 11 is 0. The molecule has 0 aliphatic rings. The maximum atomic E-state index is 12.9. The molecule has 14 heteroatoms. The van der Waals surface area contributed by atoms with Gasteiger partial charge in [-0.3, -0.25) is 19.2 Å². The molecule has 37 heavy (non-hydrogen) atoms. The van der Waals surface area contributed by atoms with Crippen molar-refractivity contribution in [2.75, 3.05) is 6.54 Å². The van der Waals surface area contributed by atoms with Crippen LogP contribution in [-0.4, -0.2) is 81.7 Å². The van der Waals surface area contributed by atoms with Crippen LogP contribution >= 0.6 is 0 Å². The standard InChI is InChI=1S/C23H36N6O8/c1-12(30)19(22(35)27-16(23(36)37)4-2-3-9-24)29-21(34)17(11-18(26)32)28-20(33)15(25)10-13-5-7-14(31)8-6-13/h5-8,12,15-17,19,30-31H,2-4,9-11,24-25H2,1H3,(H2,26,32)(H,27,35)(H,28,33)(H,29,34)(H,36,37). The molecule has 0 saturated heterocycles. The van der Waals surface area contributed by atoms with Crippen LogP contribution in [0.25, 0.3) is 0 Å². The van der Waals surface area contributed by atoms with E-state index in [0.717, 1.165) is 0 Å². The second-order valence-electron chi connectivity index (χ2n) is 8.62. The molecule has 0 radical (unpaired) electrons. The number of amides is 4. The number of nitrogens with one attached hydrogen (secondary N) is 3. The number of carbonyl (C=O) groups excluding carboxylic acids is 4. The zero-order valence-corrected chi connectivity index (χ0v) is 20.6. The maximum absolute atomic E-state index is 12.9. The van der Waals surface area contributed by atoms with Crippen LogP contribution in [0.15, 0.2) is 24.3 Å². The Labute approximate surface area is 213 Å². The van der Waals surface area contributed by atoms with Crippen molar-refractivity contribution in [1.82, 2.24) is 16.0 Å². The van der Waals surface area contributed by atoms with E-state index in [4.69, 9.17) is 17.2 Å². The molecule has 0 saturated carbocycles. The van der Waals surface area contributed by atoms with Gasteiger partial charge in [0.15, 0.2) is 0 Å². The number of aliphatic carboxylic acids is 1. The molecule has 0 fully saturated rings. The van der Waals surface area contributed by atoms with Crippen molar-refractivity contribution in [2.24, 2.45) is 17.2 Å². The fourth-order valence-corrected chi connectivity index (χ4v) is 3.34. The number of hydrogen-bond donors (Lipinski definition) is 9. The average Bonchev–Trinajstić information content (AvgIpc) is 2.81. The van der Waals surface area contributed by atoms with E-state index in [0.29, 0.717) is 24.9 Å². The molecule has 0 aliphatic carbocycles. The van der Waals surface area contributed by atoms with Gasteiger partial charge in [-0.2, -0.15) is 0 Å². The number of carboxylic acids is 1. The van der Waals surface area contributed by atoms with E-state index in [1.54, 1.807) is 12.1 Å². The van der Waals surface area contributed by atoms with E-state index in [1.165, 1.54) is 19.1 Å². The van der Waals surface area contributed by atoms with Gasteiger partial charge < -0.3 is 48.5 Å². The van der Waals surface area contributed by atoms with E-state index < -0.39 is 66.3 Å². The molecular formula is C23H36N6O8. The Bertz CT molecular complexity index is 940. The number of benzene rings is 1. The molecule has 14 nitrogen and oxygen atoms in total. The first-order chi connectivity index (χ1) is 17.3. The van der Waals surface area contributed by atoms with Gasteiger partial charge in [-0.1, -0.05) is 12.1 Å². The Morgan fingerprint density at radius 2 is 1.51 bits per heavy atom. The third kappa shape index (κ3) is 11.2. The average molecular weight is 525 g/mol. The maximum Gasteiger partial charge on any atom is 0.326 e. The minimum absolute atomic E-state index is 0.0295. The summed E-state index contributed by atoms with van der Waals surface area (Å²) in [5.74, 6) is -4.99. The second-order valence-corrected chi connectivity index (χ2v) is 8.62. The van der Waals surface area contributed by atoms with E-state index in [2.05, 4.69) is 16.0 Å². The topological polar surface area (TPSA) is 260 Å². The number of aliphatic hydroxyl groups excluding tert-OH is 1. The summed E-state index contributed by atoms with van der Waals surface area (Å²) < 4.78 is 0. The summed E-state index contributed by atoms with van der Waals surface area (Å²) in [4.78, 5) is 61.1.